The van der Waals surface area contributed by atoms with Crippen molar-refractivity contribution in [2.75, 3.05) is 13.7 Å². The summed E-state index contributed by atoms with van der Waals surface area (Å²) in [6, 6.07) is 8.26. The molecule has 21 heavy (non-hydrogen) atoms. The number of nitrogens with two attached hydrogens (primary N) is 1. The van der Waals surface area contributed by atoms with Crippen LogP contribution in [0.15, 0.2) is 28.8 Å². The van der Waals surface area contributed by atoms with Crippen molar-refractivity contribution in [1.29, 1.82) is 0 Å². The van der Waals surface area contributed by atoms with Crippen LogP contribution < -0.4 is 5.73 Å². The highest BCUT2D eigenvalue weighted by atomic mass is 16.5. The minimum Gasteiger partial charge on any atom is -0.385 e. The number of aryl methyl sites for hydroxylation is 1. The van der Waals surface area contributed by atoms with Gasteiger partial charge in [0, 0.05) is 19.6 Å². The van der Waals surface area contributed by atoms with E-state index in [4.69, 9.17) is 15.0 Å². The standard InChI is InChI=1S/C16H21N3O2/c1-20-10-4-7-14(17)16-18-15(19-21-16)13-9-8-11-5-2-3-6-12(11)13/h2-3,5-6,13-14H,4,7-10,17H2,1H3. The highest BCUT2D eigenvalue weighted by Crippen LogP contribution is 2.36. The van der Waals surface area contributed by atoms with E-state index in [9.17, 15) is 0 Å². The first-order valence-corrected chi connectivity index (χ1v) is 7.45. The predicted molar refractivity (Wildman–Crippen MR) is 78.9 cm³/mol. The van der Waals surface area contributed by atoms with E-state index in [1.165, 1.54) is 11.1 Å². The number of aromatic nitrogens is 2. The van der Waals surface area contributed by atoms with Gasteiger partial charge in [0.2, 0.25) is 5.89 Å². The molecule has 2 atom stereocenters. The topological polar surface area (TPSA) is 74.2 Å². The Labute approximate surface area is 124 Å². The molecule has 1 aromatic heterocycles. The van der Waals surface area contributed by atoms with E-state index in [0.29, 0.717) is 12.5 Å². The molecule has 1 aliphatic carbocycles. The maximum absolute atomic E-state index is 6.09. The number of nitrogens with zero attached hydrogens (tertiary/aromatic N) is 2. The van der Waals surface area contributed by atoms with E-state index < -0.39 is 0 Å². The lowest BCUT2D eigenvalue weighted by Gasteiger charge is -2.06. The second-order valence-electron chi connectivity index (χ2n) is 5.52. The van der Waals surface area contributed by atoms with Crippen molar-refractivity contribution in [3.8, 4) is 0 Å². The van der Waals surface area contributed by atoms with Gasteiger partial charge < -0.3 is 15.0 Å². The Kier molecular flexibility index (Phi) is 4.31. The Hall–Kier alpha value is -1.72. The molecule has 3 rings (SSSR count). The smallest absolute Gasteiger partial charge is 0.243 e. The number of methoxy groups -OCH3 is 1. The molecule has 0 aliphatic heterocycles. The van der Waals surface area contributed by atoms with Crippen LogP contribution in [0, 0.1) is 0 Å². The van der Waals surface area contributed by atoms with Crippen LogP contribution in [0.2, 0.25) is 0 Å². The summed E-state index contributed by atoms with van der Waals surface area (Å²) < 4.78 is 10.4. The van der Waals surface area contributed by atoms with Crippen LogP contribution in [-0.2, 0) is 11.2 Å². The monoisotopic (exact) mass is 287 g/mol. The summed E-state index contributed by atoms with van der Waals surface area (Å²) in [7, 11) is 1.69. The van der Waals surface area contributed by atoms with E-state index in [1.54, 1.807) is 7.11 Å². The van der Waals surface area contributed by atoms with Gasteiger partial charge >= 0.3 is 0 Å². The molecular weight excluding hydrogens is 266 g/mol. The highest BCUT2D eigenvalue weighted by molar-refractivity contribution is 5.38. The van der Waals surface area contributed by atoms with Crippen LogP contribution in [0.1, 0.15) is 54.1 Å². The average molecular weight is 287 g/mol. The molecule has 1 heterocycles. The minimum absolute atomic E-state index is 0.210. The summed E-state index contributed by atoms with van der Waals surface area (Å²) in [5, 5.41) is 4.15. The van der Waals surface area contributed by atoms with E-state index in [0.717, 1.165) is 31.5 Å². The Morgan fingerprint density at radius 3 is 3.14 bits per heavy atom. The van der Waals surface area contributed by atoms with Crippen molar-refractivity contribution in [2.24, 2.45) is 5.73 Å². The van der Waals surface area contributed by atoms with Crippen LogP contribution in [0.4, 0.5) is 0 Å². The molecule has 2 unspecified atom stereocenters. The van der Waals surface area contributed by atoms with Gasteiger partial charge in [0.05, 0.1) is 6.04 Å². The summed E-state index contributed by atoms with van der Waals surface area (Å²) in [5.41, 5.74) is 8.80. The molecule has 5 nitrogen and oxygen atoms in total. The zero-order chi connectivity index (χ0) is 14.7. The molecular formula is C16H21N3O2. The second-order valence-corrected chi connectivity index (χ2v) is 5.52. The quantitative estimate of drug-likeness (QED) is 0.826. The van der Waals surface area contributed by atoms with Crippen molar-refractivity contribution in [3.63, 3.8) is 0 Å². The molecule has 0 saturated carbocycles. The second kappa shape index (κ2) is 6.37. The summed E-state index contributed by atoms with van der Waals surface area (Å²) in [5.74, 6) is 1.53. The molecule has 0 radical (unpaired) electrons. The van der Waals surface area contributed by atoms with Gasteiger partial charge in [-0.3, -0.25) is 0 Å². The number of fused-ring (bicyclic) bond motifs is 1. The van der Waals surface area contributed by atoms with Gasteiger partial charge in [-0.25, -0.2) is 0 Å². The third-order valence-corrected chi connectivity index (χ3v) is 4.08. The lowest BCUT2D eigenvalue weighted by molar-refractivity contribution is 0.188. The fourth-order valence-corrected chi connectivity index (χ4v) is 2.94. The molecule has 0 fully saturated rings. The fourth-order valence-electron chi connectivity index (χ4n) is 2.94. The Bertz CT molecular complexity index is 597. The molecule has 2 N–H and O–H groups in total. The molecule has 0 bridgehead atoms. The third-order valence-electron chi connectivity index (χ3n) is 4.08. The van der Waals surface area contributed by atoms with Gasteiger partial charge in [0.1, 0.15) is 0 Å². The van der Waals surface area contributed by atoms with Gasteiger partial charge in [-0.2, -0.15) is 4.98 Å². The number of ether oxygens (including phenoxy) is 1. The molecule has 1 aliphatic rings. The third kappa shape index (κ3) is 2.99. The average Bonchev–Trinajstić information content (AvgIpc) is 3.13. The summed E-state index contributed by atoms with van der Waals surface area (Å²) in [4.78, 5) is 4.53. The summed E-state index contributed by atoms with van der Waals surface area (Å²) in [6.07, 6.45) is 3.79. The maximum atomic E-state index is 6.09. The van der Waals surface area contributed by atoms with Crippen molar-refractivity contribution >= 4 is 0 Å². The normalized spacial score (nSPS) is 18.7. The van der Waals surface area contributed by atoms with Crippen LogP contribution in [0.3, 0.4) is 0 Å². The fraction of sp³-hybridized carbons (Fsp3) is 0.500. The molecule has 5 heteroatoms. The van der Waals surface area contributed by atoms with E-state index in [1.807, 2.05) is 0 Å². The lowest BCUT2D eigenvalue weighted by Crippen LogP contribution is -2.12. The molecule has 112 valence electrons. The molecule has 0 spiro atoms. The molecule has 1 aromatic carbocycles. The van der Waals surface area contributed by atoms with Crippen molar-refractivity contribution < 1.29 is 9.26 Å². The first kappa shape index (κ1) is 14.2. The number of hydrogen-bond donors (Lipinski definition) is 1. The SMILES string of the molecule is COCCCC(N)c1nc(C2CCc3ccccc32)no1. The Morgan fingerprint density at radius 2 is 2.29 bits per heavy atom. The first-order valence-electron chi connectivity index (χ1n) is 7.45. The summed E-state index contributed by atoms with van der Waals surface area (Å²) in [6.45, 7) is 0.699. The number of hydrogen-bond acceptors (Lipinski definition) is 5. The van der Waals surface area contributed by atoms with Gasteiger partial charge in [-0.1, -0.05) is 29.4 Å². The lowest BCUT2D eigenvalue weighted by atomic mass is 10.0. The van der Waals surface area contributed by atoms with Crippen LogP contribution >= 0.6 is 0 Å². The maximum Gasteiger partial charge on any atom is 0.243 e. The van der Waals surface area contributed by atoms with E-state index in [-0.39, 0.29) is 12.0 Å². The highest BCUT2D eigenvalue weighted by Gasteiger charge is 2.28. The van der Waals surface area contributed by atoms with Gasteiger partial charge in [-0.05, 0) is 36.8 Å². The molecule has 2 aromatic rings. The van der Waals surface area contributed by atoms with Crippen LogP contribution in [0.25, 0.3) is 0 Å². The van der Waals surface area contributed by atoms with Crippen LogP contribution in [-0.4, -0.2) is 23.9 Å². The predicted octanol–water partition coefficient (Wildman–Crippen LogP) is 2.57. The largest absolute Gasteiger partial charge is 0.385 e. The zero-order valence-electron chi connectivity index (χ0n) is 12.3. The van der Waals surface area contributed by atoms with E-state index >= 15 is 0 Å². The van der Waals surface area contributed by atoms with Crippen molar-refractivity contribution in [3.05, 3.63) is 47.1 Å². The Morgan fingerprint density at radius 1 is 1.43 bits per heavy atom. The number of rotatable bonds is 6. The van der Waals surface area contributed by atoms with Crippen molar-refractivity contribution in [2.45, 2.75) is 37.6 Å². The minimum atomic E-state index is -0.210. The Balaban J connectivity index is 1.71. The first-order chi connectivity index (χ1) is 10.3. The number of benzene rings is 1. The van der Waals surface area contributed by atoms with Crippen molar-refractivity contribution in [1.82, 2.24) is 10.1 Å². The molecule has 0 amide bonds. The zero-order valence-corrected chi connectivity index (χ0v) is 12.3. The van der Waals surface area contributed by atoms with E-state index in [2.05, 4.69) is 34.4 Å². The summed E-state index contributed by atoms with van der Waals surface area (Å²) >= 11 is 0. The van der Waals surface area contributed by atoms with Gasteiger partial charge in [0.15, 0.2) is 5.82 Å². The van der Waals surface area contributed by atoms with Gasteiger partial charge in [-0.15, -0.1) is 0 Å². The van der Waals surface area contributed by atoms with Crippen LogP contribution in [0.5, 0.6) is 0 Å². The molecule has 0 saturated heterocycles. The van der Waals surface area contributed by atoms with Gasteiger partial charge in [0.25, 0.3) is 0 Å².